The smallest absolute Gasteiger partial charge is 0.347 e. The largest absolute Gasteiger partial charge is 0.416 e. The third-order valence-electron chi connectivity index (χ3n) is 12.7. The number of nitrogens with one attached hydrogen (secondary N) is 4. The maximum Gasteiger partial charge on any atom is 0.416 e. The van der Waals surface area contributed by atoms with Gasteiger partial charge in [-0.05, 0) is 87.6 Å². The first-order valence-electron chi connectivity index (χ1n) is 22.3. The van der Waals surface area contributed by atoms with E-state index in [-0.39, 0.29) is 11.1 Å². The van der Waals surface area contributed by atoms with Crippen LogP contribution in [0.5, 0.6) is 0 Å². The van der Waals surface area contributed by atoms with Gasteiger partial charge in [-0.15, -0.1) is 0 Å². The molecule has 20 heteroatoms. The molecule has 6 aromatic heterocycles. The Morgan fingerprint density at radius 2 is 0.971 bits per heavy atom. The van der Waals surface area contributed by atoms with Crippen LogP contribution in [0.15, 0.2) is 110 Å². The zero-order chi connectivity index (χ0) is 49.5. The van der Waals surface area contributed by atoms with Gasteiger partial charge in [0.05, 0.1) is 33.6 Å². The number of amides is 2. The van der Waals surface area contributed by atoms with Crippen molar-refractivity contribution in [2.75, 3.05) is 40.3 Å². The number of pyridine rings is 4. The summed E-state index contributed by atoms with van der Waals surface area (Å²) in [5.41, 5.74) is 5.40. The number of likely N-dealkylation sites (tertiary alicyclic amines) is 2. The number of hydrogen-bond acceptors (Lipinski definition) is 10. The van der Waals surface area contributed by atoms with E-state index in [2.05, 4.69) is 51.0 Å². The molecule has 4 atom stereocenters. The average Bonchev–Trinajstić information content (AvgIpc) is 4.13. The summed E-state index contributed by atoms with van der Waals surface area (Å²) in [4.78, 5) is 47.3. The minimum atomic E-state index is -4.47. The first kappa shape index (κ1) is 47.5. The molecule has 8 heterocycles. The van der Waals surface area contributed by atoms with Crippen LogP contribution in [-0.4, -0.2) is 114 Å². The topological polar surface area (TPSA) is 174 Å². The van der Waals surface area contributed by atoms with Crippen LogP contribution in [0.25, 0.3) is 44.6 Å². The fourth-order valence-electron chi connectivity index (χ4n) is 9.47. The molecule has 4 N–H and O–H groups in total. The molecule has 0 bridgehead atoms. The first-order valence-corrected chi connectivity index (χ1v) is 22.3. The second kappa shape index (κ2) is 19.1. The molecule has 2 saturated heterocycles. The Balaban J connectivity index is 0.000000174. The quantitative estimate of drug-likeness (QED) is 0.109. The van der Waals surface area contributed by atoms with Crippen molar-refractivity contribution in [3.63, 3.8) is 0 Å². The molecule has 2 amide bonds. The van der Waals surface area contributed by atoms with E-state index in [1.165, 1.54) is 36.7 Å². The van der Waals surface area contributed by atoms with Gasteiger partial charge in [-0.25, -0.2) is 9.97 Å². The fraction of sp³-hybridized carbons (Fsp3) is 0.280. The number of aryl methyl sites for hydroxylation is 2. The lowest BCUT2D eigenvalue weighted by Crippen LogP contribution is -2.40. The highest BCUT2D eigenvalue weighted by Crippen LogP contribution is 2.40. The second-order valence-corrected chi connectivity index (χ2v) is 17.7. The molecule has 0 aliphatic carbocycles. The lowest BCUT2D eigenvalue weighted by Gasteiger charge is -2.23. The van der Waals surface area contributed by atoms with Crippen LogP contribution in [-0.2, 0) is 12.4 Å². The van der Waals surface area contributed by atoms with Crippen LogP contribution in [0.1, 0.15) is 66.2 Å². The summed E-state index contributed by atoms with van der Waals surface area (Å²) in [7, 11) is 3.66. The van der Waals surface area contributed by atoms with Gasteiger partial charge in [-0.3, -0.25) is 29.8 Å². The summed E-state index contributed by atoms with van der Waals surface area (Å²) in [6.07, 6.45) is -2.70. The first-order chi connectivity index (χ1) is 33.4. The van der Waals surface area contributed by atoms with Gasteiger partial charge >= 0.3 is 12.4 Å². The highest BCUT2D eigenvalue weighted by atomic mass is 19.4. The number of alkyl halides is 6. The van der Waals surface area contributed by atoms with Gasteiger partial charge in [0.1, 0.15) is 0 Å². The monoisotopic (exact) mass is 960 g/mol. The Hall–Kier alpha value is -7.58. The van der Waals surface area contributed by atoms with Crippen LogP contribution in [0.2, 0.25) is 0 Å². The Morgan fingerprint density at radius 3 is 1.36 bits per heavy atom. The molecule has 2 fully saturated rings. The van der Waals surface area contributed by atoms with Crippen LogP contribution >= 0.6 is 0 Å². The number of fused-ring (bicyclic) bond motifs is 2. The fourth-order valence-corrected chi connectivity index (χ4v) is 9.47. The van der Waals surface area contributed by atoms with Gasteiger partial charge in [-0.1, -0.05) is 36.4 Å². The Bertz CT molecular complexity index is 3010. The van der Waals surface area contributed by atoms with E-state index in [1.807, 2.05) is 62.0 Å². The Labute approximate surface area is 397 Å². The number of nitrogens with zero attached hydrogens (tertiary/aromatic N) is 8. The molecule has 2 aliphatic heterocycles. The van der Waals surface area contributed by atoms with Crippen molar-refractivity contribution in [3.05, 3.63) is 154 Å². The molecular weight excluding hydrogens is 915 g/mol. The van der Waals surface area contributed by atoms with Crippen molar-refractivity contribution in [1.29, 1.82) is 0 Å². The number of aromatic nitrogens is 8. The van der Waals surface area contributed by atoms with Crippen LogP contribution in [0.4, 0.5) is 26.3 Å². The molecule has 14 nitrogen and oxygen atoms in total. The summed E-state index contributed by atoms with van der Waals surface area (Å²) in [6, 6.07) is 21.0. The van der Waals surface area contributed by atoms with Crippen molar-refractivity contribution in [2.45, 2.75) is 50.1 Å². The van der Waals surface area contributed by atoms with Crippen LogP contribution < -0.4 is 10.6 Å². The zero-order valence-corrected chi connectivity index (χ0v) is 38.2. The minimum Gasteiger partial charge on any atom is -0.347 e. The molecule has 0 radical (unpaired) electrons. The van der Waals surface area contributed by atoms with Gasteiger partial charge in [0, 0.05) is 108 Å². The summed E-state index contributed by atoms with van der Waals surface area (Å²) in [5.74, 6) is -1.79. The zero-order valence-electron chi connectivity index (χ0n) is 38.2. The third-order valence-corrected chi connectivity index (χ3v) is 12.7. The van der Waals surface area contributed by atoms with E-state index in [4.69, 9.17) is 0 Å². The standard InChI is InChI=1S/2C25H23F3N6O/c2*1-14-9-15(7-8-29-14)22-18-10-16(11-30-23(18)33-32-22)24(35)31-21-13-34(2)12-19(21)17-5-3-4-6-20(17)25(26,27)28/h2*3-11,19,21H,12-13H2,1-2H3,(H,31,35)(H,30,32,33)/t2*19-,21+/m10/s1. The molecule has 0 spiro atoms. The van der Waals surface area contributed by atoms with Gasteiger partial charge in [0.2, 0.25) is 0 Å². The number of likely N-dealkylation sites (N-methyl/N-ethyl adjacent to an activating group) is 2. The number of hydrogen-bond donors (Lipinski definition) is 4. The number of benzene rings is 2. The molecule has 2 aromatic carbocycles. The minimum absolute atomic E-state index is 0.188. The predicted molar refractivity (Wildman–Crippen MR) is 250 cm³/mol. The molecule has 10 rings (SSSR count). The summed E-state index contributed by atoms with van der Waals surface area (Å²) < 4.78 is 81.9. The van der Waals surface area contributed by atoms with Gasteiger partial charge in [0.25, 0.3) is 11.8 Å². The van der Waals surface area contributed by atoms with E-state index in [9.17, 15) is 35.9 Å². The van der Waals surface area contributed by atoms with Crippen molar-refractivity contribution >= 4 is 33.9 Å². The number of carbonyl (C=O) groups excluding carboxylic acids is 2. The maximum absolute atomic E-state index is 13.7. The molecule has 2 aliphatic rings. The lowest BCUT2D eigenvalue weighted by atomic mass is 9.90. The summed E-state index contributed by atoms with van der Waals surface area (Å²) in [6.45, 7) is 5.44. The number of aromatic amines is 2. The summed E-state index contributed by atoms with van der Waals surface area (Å²) in [5, 5.41) is 21.6. The van der Waals surface area contributed by atoms with Crippen LogP contribution in [0.3, 0.4) is 0 Å². The van der Waals surface area contributed by atoms with E-state index >= 15 is 0 Å². The third kappa shape index (κ3) is 9.95. The predicted octanol–water partition coefficient (Wildman–Crippen LogP) is 8.35. The normalized spacial score (nSPS) is 18.8. The number of carbonyl (C=O) groups is 2. The number of halogens is 6. The molecule has 70 heavy (non-hydrogen) atoms. The van der Waals surface area contributed by atoms with E-state index < -0.39 is 59.2 Å². The number of rotatable bonds is 8. The van der Waals surface area contributed by atoms with Crippen LogP contribution in [0, 0.1) is 13.8 Å². The van der Waals surface area contributed by atoms with Crippen molar-refractivity contribution < 1.29 is 35.9 Å². The molecule has 0 saturated carbocycles. The van der Waals surface area contributed by atoms with E-state index in [0.29, 0.717) is 70.8 Å². The second-order valence-electron chi connectivity index (χ2n) is 17.7. The Morgan fingerprint density at radius 1 is 0.571 bits per heavy atom. The Kier molecular flexibility index (Phi) is 12.9. The lowest BCUT2D eigenvalue weighted by molar-refractivity contribution is -0.139. The highest BCUT2D eigenvalue weighted by Gasteiger charge is 2.42. The summed E-state index contributed by atoms with van der Waals surface area (Å²) >= 11 is 0. The molecule has 0 unspecified atom stereocenters. The van der Waals surface area contributed by atoms with E-state index in [0.717, 1.165) is 34.6 Å². The van der Waals surface area contributed by atoms with Crippen molar-refractivity contribution in [2.24, 2.45) is 0 Å². The maximum atomic E-state index is 13.7. The highest BCUT2D eigenvalue weighted by molar-refractivity contribution is 6.01. The molecule has 360 valence electrons. The number of H-pyrrole nitrogens is 2. The van der Waals surface area contributed by atoms with Crippen molar-refractivity contribution in [3.8, 4) is 22.5 Å². The average molecular weight is 961 g/mol. The molecular formula is C50H46F6N12O2. The van der Waals surface area contributed by atoms with Gasteiger partial charge in [0.15, 0.2) is 11.3 Å². The molecule has 8 aromatic rings. The van der Waals surface area contributed by atoms with Gasteiger partial charge < -0.3 is 20.4 Å². The van der Waals surface area contributed by atoms with E-state index in [1.54, 1.807) is 36.7 Å². The SMILES string of the molecule is Cc1cc(-c2[nH]nc3ncc(C(=O)N[C@@H]4CN(C)C[C@H]4c4ccccc4C(F)(F)F)cc23)ccn1.Cc1cc(-c2[nH]nc3ncc(C(=O)N[C@H]4CN(C)C[C@@H]4c4ccccc4C(F)(F)F)cc23)ccn1. The van der Waals surface area contributed by atoms with Gasteiger partial charge in [-0.2, -0.15) is 36.5 Å². The van der Waals surface area contributed by atoms with Crippen molar-refractivity contribution in [1.82, 2.24) is 60.8 Å².